The molecule has 0 atom stereocenters. The van der Waals surface area contributed by atoms with Crippen LogP contribution < -0.4 is 9.47 Å². The Morgan fingerprint density at radius 1 is 1.29 bits per heavy atom. The van der Waals surface area contributed by atoms with E-state index in [0.29, 0.717) is 29.9 Å². The van der Waals surface area contributed by atoms with Gasteiger partial charge in [-0.1, -0.05) is 0 Å². The molecule has 0 fully saturated rings. The van der Waals surface area contributed by atoms with Gasteiger partial charge in [0.05, 0.1) is 19.8 Å². The van der Waals surface area contributed by atoms with Gasteiger partial charge in [-0.05, 0) is 25.0 Å². The lowest BCUT2D eigenvalue weighted by Gasteiger charge is -2.12. The molecule has 0 aliphatic carbocycles. The molecule has 0 unspecified atom stereocenters. The normalized spacial score (nSPS) is 10.1. The maximum atomic E-state index is 12.0. The third-order valence-electron chi connectivity index (χ3n) is 2.57. The quantitative estimate of drug-likeness (QED) is 0.770. The van der Waals surface area contributed by atoms with Crippen LogP contribution in [-0.4, -0.2) is 31.7 Å². The topological polar surface area (TPSA) is 55.8 Å². The predicted molar refractivity (Wildman–Crippen MR) is 64.9 cm³/mol. The minimum absolute atomic E-state index is 0.0171. The Kier molecular flexibility index (Phi) is 4.97. The van der Waals surface area contributed by atoms with E-state index >= 15 is 0 Å². The Balaban J connectivity index is 3.09. The van der Waals surface area contributed by atoms with Gasteiger partial charge in [-0.25, -0.2) is 0 Å². The summed E-state index contributed by atoms with van der Waals surface area (Å²) < 4.78 is 10.3. The summed E-state index contributed by atoms with van der Waals surface area (Å²) in [6, 6.07) is 3.49. The van der Waals surface area contributed by atoms with Crippen molar-refractivity contribution >= 4 is 5.78 Å². The molecule has 1 aromatic rings. The largest absolute Gasteiger partial charge is 0.497 e. The highest BCUT2D eigenvalue weighted by molar-refractivity contribution is 6.00. The van der Waals surface area contributed by atoms with Crippen molar-refractivity contribution < 1.29 is 19.4 Å². The summed E-state index contributed by atoms with van der Waals surface area (Å²) in [6.45, 7) is 1.86. The number of aliphatic hydroxyl groups is 1. The number of ketones is 1. The molecule has 0 saturated heterocycles. The highest BCUT2D eigenvalue weighted by atomic mass is 16.5. The van der Waals surface area contributed by atoms with Gasteiger partial charge >= 0.3 is 0 Å². The first-order chi connectivity index (χ1) is 8.13. The van der Waals surface area contributed by atoms with Crippen LogP contribution in [0.1, 0.15) is 28.8 Å². The molecule has 0 aliphatic rings. The number of rotatable bonds is 6. The average Bonchev–Trinajstić information content (AvgIpc) is 2.34. The molecule has 4 heteroatoms. The fourth-order valence-electron chi connectivity index (χ4n) is 1.72. The van der Waals surface area contributed by atoms with Crippen molar-refractivity contribution in [1.29, 1.82) is 0 Å². The minimum Gasteiger partial charge on any atom is -0.497 e. The number of aryl methyl sites for hydroxylation is 1. The number of ether oxygens (including phenoxy) is 2. The van der Waals surface area contributed by atoms with E-state index in [1.807, 2.05) is 6.92 Å². The third kappa shape index (κ3) is 3.20. The Hall–Kier alpha value is -1.55. The van der Waals surface area contributed by atoms with Gasteiger partial charge in [0.15, 0.2) is 5.78 Å². The van der Waals surface area contributed by atoms with Crippen LogP contribution in [0.15, 0.2) is 12.1 Å². The molecule has 0 bridgehead atoms. The zero-order chi connectivity index (χ0) is 12.8. The Bertz CT molecular complexity index is 399. The van der Waals surface area contributed by atoms with Gasteiger partial charge in [-0.15, -0.1) is 0 Å². The van der Waals surface area contributed by atoms with E-state index in [9.17, 15) is 4.79 Å². The van der Waals surface area contributed by atoms with Gasteiger partial charge < -0.3 is 14.6 Å². The van der Waals surface area contributed by atoms with Crippen molar-refractivity contribution in [1.82, 2.24) is 0 Å². The summed E-state index contributed by atoms with van der Waals surface area (Å²) in [5.41, 5.74) is 1.39. The fraction of sp³-hybridized carbons (Fsp3) is 0.462. The van der Waals surface area contributed by atoms with E-state index in [1.165, 1.54) is 7.11 Å². The Morgan fingerprint density at radius 2 is 2.00 bits per heavy atom. The van der Waals surface area contributed by atoms with Crippen LogP contribution in [0.4, 0.5) is 0 Å². The second-order valence-electron chi connectivity index (χ2n) is 3.77. The van der Waals surface area contributed by atoms with Crippen LogP contribution in [0.25, 0.3) is 0 Å². The van der Waals surface area contributed by atoms with E-state index < -0.39 is 0 Å². The molecule has 17 heavy (non-hydrogen) atoms. The first kappa shape index (κ1) is 13.5. The Morgan fingerprint density at radius 3 is 2.53 bits per heavy atom. The van der Waals surface area contributed by atoms with Gasteiger partial charge in [-0.3, -0.25) is 4.79 Å². The van der Waals surface area contributed by atoms with Crippen molar-refractivity contribution in [3.63, 3.8) is 0 Å². The lowest BCUT2D eigenvalue weighted by Crippen LogP contribution is -2.06. The number of benzene rings is 1. The van der Waals surface area contributed by atoms with E-state index in [2.05, 4.69) is 0 Å². The fourth-order valence-corrected chi connectivity index (χ4v) is 1.72. The number of Topliss-reactive ketones (excluding diaryl/α,β-unsaturated/α-hetero) is 1. The van der Waals surface area contributed by atoms with Crippen molar-refractivity contribution in [2.45, 2.75) is 19.8 Å². The molecule has 0 heterocycles. The van der Waals surface area contributed by atoms with E-state index in [0.717, 1.165) is 5.56 Å². The number of hydrogen-bond acceptors (Lipinski definition) is 4. The van der Waals surface area contributed by atoms with Gasteiger partial charge in [-0.2, -0.15) is 0 Å². The molecular weight excluding hydrogens is 220 g/mol. The SMILES string of the molecule is COc1cc(C)c(C(=O)CCCO)c(OC)c1. The molecule has 0 aliphatic heterocycles. The van der Waals surface area contributed by atoms with Crippen LogP contribution in [0, 0.1) is 6.92 Å². The number of carbonyl (C=O) groups excluding carboxylic acids is 1. The molecule has 0 aromatic heterocycles. The van der Waals surface area contributed by atoms with Crippen LogP contribution in [0.5, 0.6) is 11.5 Å². The standard InChI is InChI=1S/C13H18O4/c1-9-7-10(16-2)8-12(17-3)13(9)11(15)5-4-6-14/h7-8,14H,4-6H2,1-3H3. The van der Waals surface area contributed by atoms with Crippen LogP contribution in [0.2, 0.25) is 0 Å². The maximum absolute atomic E-state index is 12.0. The van der Waals surface area contributed by atoms with Gasteiger partial charge in [0, 0.05) is 19.1 Å². The number of carbonyl (C=O) groups is 1. The Labute approximate surface area is 101 Å². The maximum Gasteiger partial charge on any atom is 0.166 e. The smallest absolute Gasteiger partial charge is 0.166 e. The van der Waals surface area contributed by atoms with Crippen molar-refractivity contribution in [3.05, 3.63) is 23.3 Å². The number of aliphatic hydroxyl groups excluding tert-OH is 1. The second-order valence-corrected chi connectivity index (χ2v) is 3.77. The molecule has 0 saturated carbocycles. The highest BCUT2D eigenvalue weighted by Gasteiger charge is 2.16. The molecule has 4 nitrogen and oxygen atoms in total. The minimum atomic E-state index is -0.0175. The number of methoxy groups -OCH3 is 2. The molecule has 0 amide bonds. The summed E-state index contributed by atoms with van der Waals surface area (Å²) in [7, 11) is 3.10. The molecule has 94 valence electrons. The first-order valence-electron chi connectivity index (χ1n) is 5.50. The second kappa shape index (κ2) is 6.25. The van der Waals surface area contributed by atoms with Crippen LogP contribution >= 0.6 is 0 Å². The monoisotopic (exact) mass is 238 g/mol. The summed E-state index contributed by atoms with van der Waals surface area (Å²) >= 11 is 0. The average molecular weight is 238 g/mol. The summed E-state index contributed by atoms with van der Waals surface area (Å²) in [5.74, 6) is 1.17. The van der Waals surface area contributed by atoms with Gasteiger partial charge in [0.25, 0.3) is 0 Å². The van der Waals surface area contributed by atoms with Crippen molar-refractivity contribution in [2.24, 2.45) is 0 Å². The third-order valence-corrected chi connectivity index (χ3v) is 2.57. The molecule has 0 spiro atoms. The van der Waals surface area contributed by atoms with E-state index in [4.69, 9.17) is 14.6 Å². The lowest BCUT2D eigenvalue weighted by atomic mass is 10.00. The molecule has 1 N–H and O–H groups in total. The van der Waals surface area contributed by atoms with Gasteiger partial charge in [0.1, 0.15) is 11.5 Å². The predicted octanol–water partition coefficient (Wildman–Crippen LogP) is 1.97. The zero-order valence-corrected chi connectivity index (χ0v) is 10.4. The summed E-state index contributed by atoms with van der Waals surface area (Å²) in [5, 5.41) is 8.74. The van der Waals surface area contributed by atoms with Crippen molar-refractivity contribution in [2.75, 3.05) is 20.8 Å². The van der Waals surface area contributed by atoms with Crippen LogP contribution in [0.3, 0.4) is 0 Å². The molecular formula is C13H18O4. The summed E-state index contributed by atoms with van der Waals surface area (Å²) in [6.07, 6.45) is 0.785. The molecule has 1 aromatic carbocycles. The van der Waals surface area contributed by atoms with E-state index in [-0.39, 0.29) is 12.4 Å². The van der Waals surface area contributed by atoms with Gasteiger partial charge in [0.2, 0.25) is 0 Å². The zero-order valence-electron chi connectivity index (χ0n) is 10.4. The first-order valence-corrected chi connectivity index (χ1v) is 5.50. The highest BCUT2D eigenvalue weighted by Crippen LogP contribution is 2.29. The lowest BCUT2D eigenvalue weighted by molar-refractivity contribution is 0.0967. The summed E-state index contributed by atoms with van der Waals surface area (Å²) in [4.78, 5) is 12.0. The van der Waals surface area contributed by atoms with Crippen molar-refractivity contribution in [3.8, 4) is 11.5 Å². The molecule has 1 rings (SSSR count). The number of hydrogen-bond donors (Lipinski definition) is 1. The van der Waals surface area contributed by atoms with E-state index in [1.54, 1.807) is 19.2 Å². The van der Waals surface area contributed by atoms with Crippen LogP contribution in [-0.2, 0) is 0 Å². The molecule has 0 radical (unpaired) electrons.